The van der Waals surface area contributed by atoms with Crippen LogP contribution in [0.25, 0.3) is 0 Å². The Morgan fingerprint density at radius 1 is 1.44 bits per heavy atom. The average molecular weight is 249 g/mol. The van der Waals surface area contributed by atoms with E-state index in [1.165, 1.54) is 12.8 Å². The molecule has 1 N–H and O–H groups in total. The minimum atomic E-state index is -0.453. The van der Waals surface area contributed by atoms with Crippen molar-refractivity contribution in [1.29, 1.82) is 0 Å². The summed E-state index contributed by atoms with van der Waals surface area (Å²) in [5.74, 6) is 1.62. The Morgan fingerprint density at radius 3 is 2.78 bits per heavy atom. The zero-order chi connectivity index (χ0) is 13.1. The van der Waals surface area contributed by atoms with E-state index in [2.05, 4.69) is 18.9 Å². The second kappa shape index (κ2) is 5.72. The molecule has 0 heterocycles. The molecule has 0 aliphatic heterocycles. The molecule has 0 bridgehead atoms. The number of benzene rings is 1. The minimum Gasteiger partial charge on any atom is -0.497 e. The van der Waals surface area contributed by atoms with E-state index in [9.17, 15) is 5.11 Å². The normalized spacial score (nSPS) is 18.7. The Labute approximate surface area is 109 Å². The lowest BCUT2D eigenvalue weighted by Crippen LogP contribution is -2.34. The minimum absolute atomic E-state index is 0.453. The van der Waals surface area contributed by atoms with Crippen LogP contribution in [0.1, 0.15) is 31.4 Å². The van der Waals surface area contributed by atoms with Crippen LogP contribution in [-0.2, 0) is 0 Å². The molecule has 0 amide bonds. The first-order valence-electron chi connectivity index (χ1n) is 6.64. The molecule has 3 nitrogen and oxygen atoms in total. The third-order valence-corrected chi connectivity index (χ3v) is 3.94. The number of rotatable bonds is 6. The Balaban J connectivity index is 1.95. The van der Waals surface area contributed by atoms with Gasteiger partial charge in [-0.05, 0) is 50.4 Å². The van der Waals surface area contributed by atoms with Gasteiger partial charge in [-0.1, -0.05) is 12.1 Å². The van der Waals surface area contributed by atoms with Gasteiger partial charge in [0.1, 0.15) is 5.75 Å². The smallest absolute Gasteiger partial charge is 0.119 e. The maximum absolute atomic E-state index is 10.3. The molecule has 0 spiro atoms. The molecule has 18 heavy (non-hydrogen) atoms. The van der Waals surface area contributed by atoms with E-state index in [4.69, 9.17) is 4.74 Å². The SMILES string of the molecule is COc1cccc([C@@H](O)CN(C)[C@@H](C)C2CC2)c1. The highest BCUT2D eigenvalue weighted by atomic mass is 16.5. The fraction of sp³-hybridized carbons (Fsp3) is 0.600. The van der Waals surface area contributed by atoms with Crippen molar-refractivity contribution in [3.63, 3.8) is 0 Å². The van der Waals surface area contributed by atoms with Crippen molar-refractivity contribution in [3.8, 4) is 5.75 Å². The summed E-state index contributed by atoms with van der Waals surface area (Å²) in [4.78, 5) is 2.25. The second-order valence-corrected chi connectivity index (χ2v) is 5.31. The van der Waals surface area contributed by atoms with E-state index in [1.807, 2.05) is 24.3 Å². The predicted octanol–water partition coefficient (Wildman–Crippen LogP) is 2.46. The molecule has 2 atom stereocenters. The highest BCUT2D eigenvalue weighted by molar-refractivity contribution is 5.29. The van der Waals surface area contributed by atoms with Crippen LogP contribution in [0.4, 0.5) is 0 Å². The topological polar surface area (TPSA) is 32.7 Å². The number of ether oxygens (including phenoxy) is 1. The maximum Gasteiger partial charge on any atom is 0.119 e. The monoisotopic (exact) mass is 249 g/mol. The van der Waals surface area contributed by atoms with Crippen molar-refractivity contribution in [2.24, 2.45) is 5.92 Å². The van der Waals surface area contributed by atoms with Crippen molar-refractivity contribution in [1.82, 2.24) is 4.90 Å². The third-order valence-electron chi connectivity index (χ3n) is 3.94. The molecule has 1 saturated carbocycles. The molecule has 1 aliphatic rings. The van der Waals surface area contributed by atoms with Crippen LogP contribution in [0.5, 0.6) is 5.75 Å². The number of aliphatic hydroxyl groups excluding tert-OH is 1. The van der Waals surface area contributed by atoms with E-state index < -0.39 is 6.10 Å². The van der Waals surface area contributed by atoms with Gasteiger partial charge in [-0.15, -0.1) is 0 Å². The first-order chi connectivity index (χ1) is 8.61. The third kappa shape index (κ3) is 3.24. The first-order valence-corrected chi connectivity index (χ1v) is 6.64. The Kier molecular flexibility index (Phi) is 4.25. The van der Waals surface area contributed by atoms with Gasteiger partial charge in [-0.25, -0.2) is 0 Å². The summed E-state index contributed by atoms with van der Waals surface area (Å²) in [6.07, 6.45) is 2.22. The number of likely N-dealkylation sites (N-methyl/N-ethyl adjacent to an activating group) is 1. The highest BCUT2D eigenvalue weighted by Gasteiger charge is 2.31. The summed E-state index contributed by atoms with van der Waals surface area (Å²) in [7, 11) is 3.74. The summed E-state index contributed by atoms with van der Waals surface area (Å²) < 4.78 is 5.18. The molecule has 0 aromatic heterocycles. The molecule has 1 aliphatic carbocycles. The van der Waals surface area contributed by atoms with E-state index in [-0.39, 0.29) is 0 Å². The number of aliphatic hydroxyl groups is 1. The van der Waals surface area contributed by atoms with E-state index in [0.717, 1.165) is 17.2 Å². The van der Waals surface area contributed by atoms with E-state index in [0.29, 0.717) is 12.6 Å². The maximum atomic E-state index is 10.3. The fourth-order valence-corrected chi connectivity index (χ4v) is 2.33. The Morgan fingerprint density at radius 2 is 2.17 bits per heavy atom. The molecule has 2 rings (SSSR count). The summed E-state index contributed by atoms with van der Waals surface area (Å²) in [6, 6.07) is 8.22. The molecule has 0 radical (unpaired) electrons. The molecular weight excluding hydrogens is 226 g/mol. The zero-order valence-corrected chi connectivity index (χ0v) is 11.5. The fourth-order valence-electron chi connectivity index (χ4n) is 2.33. The number of nitrogens with zero attached hydrogens (tertiary/aromatic N) is 1. The van der Waals surface area contributed by atoms with Crippen LogP contribution in [0.3, 0.4) is 0 Å². The lowest BCUT2D eigenvalue weighted by Gasteiger charge is -2.27. The van der Waals surface area contributed by atoms with E-state index >= 15 is 0 Å². The van der Waals surface area contributed by atoms with Gasteiger partial charge in [0.05, 0.1) is 13.2 Å². The molecule has 1 fully saturated rings. The molecule has 0 unspecified atom stereocenters. The van der Waals surface area contributed by atoms with Crippen molar-refractivity contribution in [2.75, 3.05) is 20.7 Å². The molecule has 1 aromatic carbocycles. The largest absolute Gasteiger partial charge is 0.497 e. The van der Waals surface area contributed by atoms with E-state index in [1.54, 1.807) is 7.11 Å². The Bertz CT molecular complexity index is 390. The quantitative estimate of drug-likeness (QED) is 0.840. The van der Waals surface area contributed by atoms with Gasteiger partial charge < -0.3 is 14.7 Å². The molecule has 3 heteroatoms. The van der Waals surface area contributed by atoms with Crippen molar-refractivity contribution in [2.45, 2.75) is 31.9 Å². The van der Waals surface area contributed by atoms with Crippen LogP contribution in [0.15, 0.2) is 24.3 Å². The van der Waals surface area contributed by atoms with Gasteiger partial charge in [-0.3, -0.25) is 0 Å². The summed E-state index contributed by atoms with van der Waals surface area (Å²) >= 11 is 0. The summed E-state index contributed by atoms with van der Waals surface area (Å²) in [6.45, 7) is 2.92. The highest BCUT2D eigenvalue weighted by Crippen LogP contribution is 2.35. The van der Waals surface area contributed by atoms with Crippen molar-refractivity contribution in [3.05, 3.63) is 29.8 Å². The molecular formula is C15H23NO2. The van der Waals surface area contributed by atoms with Crippen LogP contribution < -0.4 is 4.74 Å². The van der Waals surface area contributed by atoms with Crippen LogP contribution in [-0.4, -0.2) is 36.8 Å². The van der Waals surface area contributed by atoms with Crippen LogP contribution in [0, 0.1) is 5.92 Å². The number of hydrogen-bond acceptors (Lipinski definition) is 3. The zero-order valence-electron chi connectivity index (χ0n) is 11.5. The summed E-state index contributed by atoms with van der Waals surface area (Å²) in [5.41, 5.74) is 0.921. The van der Waals surface area contributed by atoms with Gasteiger partial charge in [-0.2, -0.15) is 0 Å². The lowest BCUT2D eigenvalue weighted by molar-refractivity contribution is 0.102. The predicted molar refractivity (Wildman–Crippen MR) is 72.8 cm³/mol. The standard InChI is InChI=1S/C15H23NO2/c1-11(12-7-8-12)16(2)10-15(17)13-5-4-6-14(9-13)18-3/h4-6,9,11-12,15,17H,7-8,10H2,1-3H3/t11-,15-/m0/s1. The second-order valence-electron chi connectivity index (χ2n) is 5.31. The van der Waals surface area contributed by atoms with Gasteiger partial charge in [0.2, 0.25) is 0 Å². The molecule has 1 aromatic rings. The number of hydrogen-bond donors (Lipinski definition) is 1. The first kappa shape index (κ1) is 13.4. The van der Waals surface area contributed by atoms with Gasteiger partial charge in [0.15, 0.2) is 0 Å². The average Bonchev–Trinajstić information content (AvgIpc) is 3.22. The van der Waals surface area contributed by atoms with Gasteiger partial charge in [0, 0.05) is 12.6 Å². The van der Waals surface area contributed by atoms with Crippen LogP contribution >= 0.6 is 0 Å². The van der Waals surface area contributed by atoms with Crippen molar-refractivity contribution < 1.29 is 9.84 Å². The number of methoxy groups -OCH3 is 1. The summed E-state index contributed by atoms with van der Waals surface area (Å²) in [5, 5.41) is 10.3. The lowest BCUT2D eigenvalue weighted by atomic mass is 10.1. The van der Waals surface area contributed by atoms with Crippen LogP contribution in [0.2, 0.25) is 0 Å². The van der Waals surface area contributed by atoms with Gasteiger partial charge in [0.25, 0.3) is 0 Å². The van der Waals surface area contributed by atoms with Crippen molar-refractivity contribution >= 4 is 0 Å². The Hall–Kier alpha value is -1.06. The molecule has 100 valence electrons. The molecule has 0 saturated heterocycles. The van der Waals surface area contributed by atoms with Gasteiger partial charge >= 0.3 is 0 Å².